The molecule has 1 unspecified atom stereocenters. The smallest absolute Gasteiger partial charge is 0.255 e. The van der Waals surface area contributed by atoms with Crippen molar-refractivity contribution in [2.45, 2.75) is 25.6 Å². The number of hydrogen-bond donors (Lipinski definition) is 1. The van der Waals surface area contributed by atoms with Crippen LogP contribution in [-0.4, -0.2) is 42.9 Å². The number of carbonyl (C=O) groups excluding carboxylic acids is 1. The maximum Gasteiger partial charge on any atom is 0.255 e. The predicted molar refractivity (Wildman–Crippen MR) is 95.0 cm³/mol. The van der Waals surface area contributed by atoms with Gasteiger partial charge in [-0.05, 0) is 25.5 Å². The van der Waals surface area contributed by atoms with Gasteiger partial charge in [-0.2, -0.15) is 0 Å². The second-order valence-corrected chi connectivity index (χ2v) is 6.84. The van der Waals surface area contributed by atoms with E-state index in [0.717, 1.165) is 5.69 Å². The number of para-hydroxylation sites is 1. The molecule has 134 valence electrons. The normalized spacial score (nSPS) is 20.2. The molecule has 25 heavy (non-hydrogen) atoms. The summed E-state index contributed by atoms with van der Waals surface area (Å²) in [5, 5.41) is 4.86. The minimum atomic E-state index is -0.341. The van der Waals surface area contributed by atoms with Crippen LogP contribution in [0, 0.1) is 0 Å². The molecule has 1 fully saturated rings. The summed E-state index contributed by atoms with van der Waals surface area (Å²) in [6.07, 6.45) is 0.695. The third kappa shape index (κ3) is 5.01. The average Bonchev–Trinajstić information content (AvgIpc) is 3.14. The fraction of sp³-hybridized carbons (Fsp3) is 0.444. The first kappa shape index (κ1) is 17.8. The van der Waals surface area contributed by atoms with Crippen LogP contribution in [0.25, 0.3) is 0 Å². The zero-order valence-electron chi connectivity index (χ0n) is 14.2. The van der Waals surface area contributed by atoms with Crippen LogP contribution in [0.5, 0.6) is 5.75 Å². The minimum Gasteiger partial charge on any atom is -0.486 e. The van der Waals surface area contributed by atoms with Crippen molar-refractivity contribution in [2.75, 3.05) is 26.4 Å². The zero-order valence-corrected chi connectivity index (χ0v) is 15.0. The lowest BCUT2D eigenvalue weighted by atomic mass is 10.0. The van der Waals surface area contributed by atoms with Crippen LogP contribution in [0.15, 0.2) is 35.2 Å². The summed E-state index contributed by atoms with van der Waals surface area (Å²) in [4.78, 5) is 16.7. The van der Waals surface area contributed by atoms with Gasteiger partial charge >= 0.3 is 0 Å². The number of benzene rings is 1. The van der Waals surface area contributed by atoms with Gasteiger partial charge in [-0.3, -0.25) is 4.79 Å². The van der Waals surface area contributed by atoms with Gasteiger partial charge in [0.2, 0.25) is 0 Å². The van der Waals surface area contributed by atoms with E-state index in [0.29, 0.717) is 50.7 Å². The van der Waals surface area contributed by atoms with Crippen molar-refractivity contribution >= 4 is 17.2 Å². The molecule has 0 bridgehead atoms. The molecule has 1 saturated heterocycles. The van der Waals surface area contributed by atoms with E-state index in [-0.39, 0.29) is 11.5 Å². The Morgan fingerprint density at radius 1 is 1.40 bits per heavy atom. The van der Waals surface area contributed by atoms with Crippen LogP contribution in [-0.2, 0) is 16.1 Å². The van der Waals surface area contributed by atoms with E-state index in [1.54, 1.807) is 17.6 Å². The Kier molecular flexibility index (Phi) is 6.01. The van der Waals surface area contributed by atoms with E-state index < -0.39 is 0 Å². The fourth-order valence-corrected chi connectivity index (χ4v) is 3.14. The first-order valence-electron chi connectivity index (χ1n) is 8.25. The molecule has 7 heteroatoms. The second-order valence-electron chi connectivity index (χ2n) is 6.12. The summed E-state index contributed by atoms with van der Waals surface area (Å²) in [6, 6.07) is 7.22. The number of nitrogens with one attached hydrogen (secondary N) is 1. The highest BCUT2D eigenvalue weighted by Crippen LogP contribution is 2.21. The van der Waals surface area contributed by atoms with Crippen LogP contribution in [0.2, 0.25) is 0 Å². The van der Waals surface area contributed by atoms with Crippen molar-refractivity contribution in [3.8, 4) is 5.75 Å². The quantitative estimate of drug-likeness (QED) is 0.820. The number of carbonyl (C=O) groups is 1. The Bertz CT molecular complexity index is 684. The summed E-state index contributed by atoms with van der Waals surface area (Å²) in [5.74, 6) is 0.394. The lowest BCUT2D eigenvalue weighted by Crippen LogP contribution is -2.43. The Labute approximate surface area is 151 Å². The molecular weight excluding hydrogens is 340 g/mol. The Hall–Kier alpha value is -1.96. The molecular formula is C18H22N2O4S. The highest BCUT2D eigenvalue weighted by atomic mass is 32.1. The largest absolute Gasteiger partial charge is 0.486 e. The van der Waals surface area contributed by atoms with Crippen molar-refractivity contribution in [1.82, 2.24) is 10.3 Å². The molecule has 3 rings (SSSR count). The molecule has 1 N–H and O–H groups in total. The third-order valence-corrected chi connectivity index (χ3v) is 4.65. The van der Waals surface area contributed by atoms with Crippen molar-refractivity contribution in [3.05, 3.63) is 46.4 Å². The number of ether oxygens (including phenoxy) is 3. The van der Waals surface area contributed by atoms with Gasteiger partial charge in [-0.1, -0.05) is 12.1 Å². The number of amides is 1. The molecule has 1 aliphatic heterocycles. The highest BCUT2D eigenvalue weighted by molar-refractivity contribution is 7.07. The van der Waals surface area contributed by atoms with Gasteiger partial charge in [0, 0.05) is 11.9 Å². The van der Waals surface area contributed by atoms with Gasteiger partial charge in [0.25, 0.3) is 5.91 Å². The molecule has 2 aromatic rings. The van der Waals surface area contributed by atoms with E-state index in [4.69, 9.17) is 14.2 Å². The lowest BCUT2D eigenvalue weighted by molar-refractivity contribution is -0.149. The number of hydrogen-bond acceptors (Lipinski definition) is 6. The van der Waals surface area contributed by atoms with Crippen molar-refractivity contribution in [1.29, 1.82) is 0 Å². The first-order valence-corrected chi connectivity index (χ1v) is 9.19. The number of nitrogens with zero attached hydrogens (tertiary/aromatic N) is 1. The zero-order chi connectivity index (χ0) is 17.5. The van der Waals surface area contributed by atoms with Crippen LogP contribution >= 0.6 is 11.3 Å². The topological polar surface area (TPSA) is 69.7 Å². The van der Waals surface area contributed by atoms with Gasteiger partial charge in [0.05, 0.1) is 42.2 Å². The maximum atomic E-state index is 12.5. The Morgan fingerprint density at radius 2 is 2.28 bits per heavy atom. The van der Waals surface area contributed by atoms with E-state index in [1.807, 2.05) is 24.4 Å². The summed E-state index contributed by atoms with van der Waals surface area (Å²) in [7, 11) is 0. The molecule has 1 aromatic carbocycles. The Morgan fingerprint density at radius 3 is 3.04 bits per heavy atom. The van der Waals surface area contributed by atoms with E-state index >= 15 is 0 Å². The second kappa shape index (κ2) is 8.42. The summed E-state index contributed by atoms with van der Waals surface area (Å²) in [6.45, 7) is 4.64. The number of rotatable bonds is 7. The van der Waals surface area contributed by atoms with Crippen LogP contribution < -0.4 is 10.1 Å². The molecule has 1 aromatic heterocycles. The summed E-state index contributed by atoms with van der Waals surface area (Å²) >= 11 is 1.52. The van der Waals surface area contributed by atoms with E-state index in [9.17, 15) is 4.79 Å². The molecule has 6 nitrogen and oxygen atoms in total. The van der Waals surface area contributed by atoms with Gasteiger partial charge in [-0.25, -0.2) is 4.98 Å². The standard InChI is InChI=1S/C18H22N2O4S/c1-18(12-22-8-9-24-18)6-7-19-17(21)15-4-2-3-5-16(15)23-10-14-11-25-13-20-14/h2-5,11,13H,6-10,12H2,1H3,(H,19,21). The first-order chi connectivity index (χ1) is 12.2. The van der Waals surface area contributed by atoms with Crippen LogP contribution in [0.4, 0.5) is 0 Å². The van der Waals surface area contributed by atoms with Gasteiger partial charge in [0.1, 0.15) is 12.4 Å². The maximum absolute atomic E-state index is 12.5. The molecule has 2 heterocycles. The van der Waals surface area contributed by atoms with Crippen molar-refractivity contribution < 1.29 is 19.0 Å². The SMILES string of the molecule is CC1(CCNC(=O)c2ccccc2OCc2cscn2)COCCO1. The van der Waals surface area contributed by atoms with Gasteiger partial charge in [0.15, 0.2) is 0 Å². The molecule has 0 spiro atoms. The van der Waals surface area contributed by atoms with Gasteiger partial charge in [-0.15, -0.1) is 11.3 Å². The average molecular weight is 362 g/mol. The van der Waals surface area contributed by atoms with Crippen LogP contribution in [0.3, 0.4) is 0 Å². The monoisotopic (exact) mass is 362 g/mol. The third-order valence-electron chi connectivity index (χ3n) is 4.02. The van der Waals surface area contributed by atoms with E-state index in [1.165, 1.54) is 11.3 Å². The number of aromatic nitrogens is 1. The molecule has 0 aliphatic carbocycles. The highest BCUT2D eigenvalue weighted by Gasteiger charge is 2.28. The number of thiazole rings is 1. The van der Waals surface area contributed by atoms with E-state index in [2.05, 4.69) is 10.3 Å². The summed E-state index contributed by atoms with van der Waals surface area (Å²) < 4.78 is 17.0. The lowest BCUT2D eigenvalue weighted by Gasteiger charge is -2.33. The fourth-order valence-electron chi connectivity index (χ4n) is 2.60. The van der Waals surface area contributed by atoms with Crippen molar-refractivity contribution in [2.24, 2.45) is 0 Å². The molecule has 0 radical (unpaired) electrons. The van der Waals surface area contributed by atoms with Crippen molar-refractivity contribution in [3.63, 3.8) is 0 Å². The molecule has 0 saturated carbocycles. The van der Waals surface area contributed by atoms with Crippen LogP contribution in [0.1, 0.15) is 29.4 Å². The molecule has 1 atom stereocenters. The Balaban J connectivity index is 1.54. The molecule has 1 amide bonds. The molecule has 1 aliphatic rings. The van der Waals surface area contributed by atoms with Gasteiger partial charge < -0.3 is 19.5 Å². The predicted octanol–water partition coefficient (Wildman–Crippen LogP) is 2.65. The summed E-state index contributed by atoms with van der Waals surface area (Å²) in [5.41, 5.74) is 2.78. The minimum absolute atomic E-state index is 0.158.